The van der Waals surface area contributed by atoms with Gasteiger partial charge in [-0.3, -0.25) is 14.5 Å². The summed E-state index contributed by atoms with van der Waals surface area (Å²) >= 11 is 0. The number of para-hydroxylation sites is 1. The third kappa shape index (κ3) is 5.14. The van der Waals surface area contributed by atoms with E-state index in [0.717, 1.165) is 40.9 Å². The Morgan fingerprint density at radius 1 is 1.09 bits per heavy atom. The monoisotopic (exact) mass is 430 g/mol. The summed E-state index contributed by atoms with van der Waals surface area (Å²) in [4.78, 5) is 31.6. The van der Waals surface area contributed by atoms with Crippen LogP contribution in [0.3, 0.4) is 0 Å². The van der Waals surface area contributed by atoms with Crippen LogP contribution in [0.25, 0.3) is 22.2 Å². The molecule has 4 rings (SSSR count). The van der Waals surface area contributed by atoms with Crippen molar-refractivity contribution in [3.63, 3.8) is 0 Å². The first kappa shape index (κ1) is 22.0. The summed E-state index contributed by atoms with van der Waals surface area (Å²) in [6.07, 6.45) is 3.76. The fourth-order valence-corrected chi connectivity index (χ4v) is 4.34. The highest BCUT2D eigenvalue weighted by Crippen LogP contribution is 2.26. The van der Waals surface area contributed by atoms with Crippen LogP contribution in [0.15, 0.2) is 54.6 Å². The molecule has 0 bridgehead atoms. The molecule has 1 aliphatic rings. The fourth-order valence-electron chi connectivity index (χ4n) is 4.34. The second kappa shape index (κ2) is 9.92. The normalized spacial score (nSPS) is 16.6. The summed E-state index contributed by atoms with van der Waals surface area (Å²) in [5, 5.41) is 6.72. The largest absolute Gasteiger partial charge is 0.351 e. The highest BCUT2D eigenvalue weighted by atomic mass is 16.2. The van der Waals surface area contributed by atoms with Gasteiger partial charge >= 0.3 is 0 Å². The lowest BCUT2D eigenvalue weighted by Crippen LogP contribution is -2.42. The molecule has 1 aromatic heterocycles. The maximum atomic E-state index is 13.1. The molecule has 1 aliphatic heterocycles. The molecule has 32 heavy (non-hydrogen) atoms. The fraction of sp³-hybridized carbons (Fsp3) is 0.346. The summed E-state index contributed by atoms with van der Waals surface area (Å²) in [7, 11) is 0. The van der Waals surface area contributed by atoms with Gasteiger partial charge in [-0.1, -0.05) is 36.8 Å². The first-order valence-corrected chi connectivity index (χ1v) is 11.3. The number of anilines is 1. The number of aromatic nitrogens is 1. The van der Waals surface area contributed by atoms with Gasteiger partial charge in [-0.25, -0.2) is 4.98 Å². The van der Waals surface area contributed by atoms with Crippen molar-refractivity contribution in [1.29, 1.82) is 0 Å². The lowest BCUT2D eigenvalue weighted by Gasteiger charge is -2.33. The number of nitrogens with zero attached hydrogens (tertiary/aromatic N) is 2. The molecule has 6 nitrogen and oxygen atoms in total. The number of rotatable bonds is 6. The number of carbonyl (C=O) groups is 2. The van der Waals surface area contributed by atoms with Gasteiger partial charge in [-0.05, 0) is 50.6 Å². The van der Waals surface area contributed by atoms with Crippen molar-refractivity contribution in [2.75, 3.05) is 25.0 Å². The summed E-state index contributed by atoms with van der Waals surface area (Å²) in [6.45, 7) is 6.35. The van der Waals surface area contributed by atoms with Crippen molar-refractivity contribution < 1.29 is 9.59 Å². The summed E-state index contributed by atoms with van der Waals surface area (Å²) in [5.74, 6) is -0.191. The van der Waals surface area contributed by atoms with Crippen LogP contribution in [0.1, 0.15) is 43.5 Å². The Kier molecular flexibility index (Phi) is 6.81. The van der Waals surface area contributed by atoms with Crippen LogP contribution < -0.4 is 10.6 Å². The molecular weight excluding hydrogens is 400 g/mol. The van der Waals surface area contributed by atoms with E-state index in [4.69, 9.17) is 4.98 Å². The smallest absolute Gasteiger partial charge is 0.252 e. The van der Waals surface area contributed by atoms with E-state index in [1.807, 2.05) is 54.6 Å². The van der Waals surface area contributed by atoms with Crippen LogP contribution in [-0.2, 0) is 4.79 Å². The van der Waals surface area contributed by atoms with Crippen LogP contribution in [0.5, 0.6) is 0 Å². The van der Waals surface area contributed by atoms with Crippen molar-refractivity contribution >= 4 is 28.4 Å². The number of carbonyl (C=O) groups excluding carboxylic acids is 2. The summed E-state index contributed by atoms with van der Waals surface area (Å²) < 4.78 is 0. The molecule has 0 radical (unpaired) electrons. The zero-order valence-electron chi connectivity index (χ0n) is 18.7. The molecular formula is C26H30N4O2. The van der Waals surface area contributed by atoms with E-state index in [0.29, 0.717) is 18.2 Å². The molecule has 0 aliphatic carbocycles. The molecule has 2 N–H and O–H groups in total. The Morgan fingerprint density at radius 2 is 1.88 bits per heavy atom. The van der Waals surface area contributed by atoms with Gasteiger partial charge in [0.25, 0.3) is 5.91 Å². The minimum atomic E-state index is -0.112. The summed E-state index contributed by atoms with van der Waals surface area (Å²) in [5.41, 5.74) is 3.76. The quantitative estimate of drug-likeness (QED) is 0.605. The van der Waals surface area contributed by atoms with E-state index in [-0.39, 0.29) is 11.8 Å². The van der Waals surface area contributed by atoms with Gasteiger partial charge in [-0.15, -0.1) is 0 Å². The third-order valence-corrected chi connectivity index (χ3v) is 6.09. The third-order valence-electron chi connectivity index (χ3n) is 6.09. The SMILES string of the molecule is CC(=O)Nc1ccc(-c2cc(C(=O)NCCN3CCCCC3C)c3ccccc3n2)cc1. The highest BCUT2D eigenvalue weighted by molar-refractivity contribution is 6.07. The molecule has 1 fully saturated rings. The van der Waals surface area contributed by atoms with E-state index in [2.05, 4.69) is 22.5 Å². The maximum Gasteiger partial charge on any atom is 0.252 e. The molecule has 6 heteroatoms. The number of amides is 2. The molecule has 2 aromatic carbocycles. The molecule has 166 valence electrons. The number of hydrogen-bond donors (Lipinski definition) is 2. The van der Waals surface area contributed by atoms with E-state index in [9.17, 15) is 9.59 Å². The van der Waals surface area contributed by atoms with Crippen LogP contribution in [0, 0.1) is 0 Å². The lowest BCUT2D eigenvalue weighted by atomic mass is 10.0. The molecule has 3 aromatic rings. The van der Waals surface area contributed by atoms with Gasteiger partial charge in [-0.2, -0.15) is 0 Å². The van der Waals surface area contributed by atoms with Crippen LogP contribution >= 0.6 is 0 Å². The van der Waals surface area contributed by atoms with Crippen molar-refractivity contribution in [3.8, 4) is 11.3 Å². The van der Waals surface area contributed by atoms with E-state index >= 15 is 0 Å². The lowest BCUT2D eigenvalue weighted by molar-refractivity contribution is -0.114. The van der Waals surface area contributed by atoms with Crippen molar-refractivity contribution in [1.82, 2.24) is 15.2 Å². The number of nitrogens with one attached hydrogen (secondary N) is 2. The van der Waals surface area contributed by atoms with Gasteiger partial charge < -0.3 is 10.6 Å². The maximum absolute atomic E-state index is 13.1. The highest BCUT2D eigenvalue weighted by Gasteiger charge is 2.18. The molecule has 1 unspecified atom stereocenters. The van der Waals surface area contributed by atoms with Crippen LogP contribution in [0.4, 0.5) is 5.69 Å². The number of piperidine rings is 1. The minimum absolute atomic E-state index is 0.0793. The first-order valence-electron chi connectivity index (χ1n) is 11.3. The first-order chi connectivity index (χ1) is 15.5. The molecule has 0 saturated carbocycles. The van der Waals surface area contributed by atoms with Crippen LogP contribution in [-0.4, -0.2) is 47.4 Å². The molecule has 2 amide bonds. The number of fused-ring (bicyclic) bond motifs is 1. The summed E-state index contributed by atoms with van der Waals surface area (Å²) in [6, 6.07) is 17.6. The van der Waals surface area contributed by atoms with Crippen molar-refractivity contribution in [2.24, 2.45) is 0 Å². The average molecular weight is 431 g/mol. The number of likely N-dealkylation sites (tertiary alicyclic amines) is 1. The van der Waals surface area contributed by atoms with Gasteiger partial charge in [0.1, 0.15) is 0 Å². The Labute approximate surface area is 189 Å². The van der Waals surface area contributed by atoms with Crippen LogP contribution in [0.2, 0.25) is 0 Å². The Bertz CT molecular complexity index is 1110. The van der Waals surface area contributed by atoms with Gasteiger partial charge in [0, 0.05) is 42.7 Å². The van der Waals surface area contributed by atoms with E-state index < -0.39 is 0 Å². The zero-order valence-corrected chi connectivity index (χ0v) is 18.7. The predicted molar refractivity (Wildman–Crippen MR) is 129 cm³/mol. The van der Waals surface area contributed by atoms with Gasteiger partial charge in [0.05, 0.1) is 16.8 Å². The minimum Gasteiger partial charge on any atom is -0.351 e. The second-order valence-corrected chi connectivity index (χ2v) is 8.47. The molecule has 0 spiro atoms. The topological polar surface area (TPSA) is 74.3 Å². The van der Waals surface area contributed by atoms with E-state index in [1.54, 1.807) is 0 Å². The molecule has 1 atom stereocenters. The molecule has 2 heterocycles. The van der Waals surface area contributed by atoms with Gasteiger partial charge in [0.2, 0.25) is 5.91 Å². The predicted octanol–water partition coefficient (Wildman–Crippen LogP) is 4.46. The van der Waals surface area contributed by atoms with E-state index in [1.165, 1.54) is 26.2 Å². The Morgan fingerprint density at radius 3 is 2.62 bits per heavy atom. The molecule has 1 saturated heterocycles. The number of hydrogen-bond acceptors (Lipinski definition) is 4. The average Bonchev–Trinajstić information content (AvgIpc) is 2.79. The van der Waals surface area contributed by atoms with Crippen molar-refractivity contribution in [2.45, 2.75) is 39.2 Å². The van der Waals surface area contributed by atoms with Crippen molar-refractivity contribution in [3.05, 3.63) is 60.2 Å². The Hall–Kier alpha value is -3.25. The number of pyridine rings is 1. The zero-order chi connectivity index (χ0) is 22.5. The Balaban J connectivity index is 1.55. The second-order valence-electron chi connectivity index (χ2n) is 8.47. The standard InChI is InChI=1S/C26H30N4O2/c1-18-7-5-6-15-30(18)16-14-27-26(32)23-17-25(29-24-9-4-3-8-22(23)24)20-10-12-21(13-11-20)28-19(2)31/h3-4,8-13,17-18H,5-7,14-16H2,1-2H3,(H,27,32)(H,28,31). The van der Waals surface area contributed by atoms with Gasteiger partial charge in [0.15, 0.2) is 0 Å². The number of benzene rings is 2.